The van der Waals surface area contributed by atoms with Crippen LogP contribution in [-0.4, -0.2) is 23.9 Å². The number of carbonyl (C=O) groups is 2. The molecule has 0 aliphatic carbocycles. The number of amides is 2. The smallest absolute Gasteiger partial charge is 0.257 e. The monoisotopic (exact) mass is 285 g/mol. The zero-order valence-electron chi connectivity index (χ0n) is 11.4. The molecule has 2 amide bonds. The topological polar surface area (TPSA) is 94.3 Å². The van der Waals surface area contributed by atoms with Crippen molar-refractivity contribution in [1.29, 1.82) is 0 Å². The van der Waals surface area contributed by atoms with Crippen molar-refractivity contribution in [3.05, 3.63) is 59.8 Å². The van der Waals surface area contributed by atoms with Gasteiger partial charge >= 0.3 is 0 Å². The molecule has 0 saturated carbocycles. The van der Waals surface area contributed by atoms with Crippen LogP contribution in [0.3, 0.4) is 0 Å². The van der Waals surface area contributed by atoms with Crippen molar-refractivity contribution in [2.24, 2.45) is 5.73 Å². The standard InChI is InChI=1S/C15H15N3O3/c1-21-15-11(8-5-9-17-15)14(20)18-12(13(16)19)10-6-3-2-4-7-10/h2-9,12H,1H3,(H2,16,19)(H,18,20). The Morgan fingerprint density at radius 1 is 1.19 bits per heavy atom. The van der Waals surface area contributed by atoms with E-state index in [4.69, 9.17) is 10.5 Å². The van der Waals surface area contributed by atoms with Crippen LogP contribution in [-0.2, 0) is 4.79 Å². The van der Waals surface area contributed by atoms with Gasteiger partial charge in [0.15, 0.2) is 0 Å². The molecule has 0 aliphatic rings. The van der Waals surface area contributed by atoms with Crippen LogP contribution in [0.5, 0.6) is 5.88 Å². The van der Waals surface area contributed by atoms with E-state index in [2.05, 4.69) is 10.3 Å². The third-order valence-electron chi connectivity index (χ3n) is 2.90. The van der Waals surface area contributed by atoms with E-state index in [9.17, 15) is 9.59 Å². The number of primary amides is 1. The number of nitrogens with two attached hydrogens (primary N) is 1. The minimum absolute atomic E-state index is 0.186. The maximum absolute atomic E-state index is 12.3. The lowest BCUT2D eigenvalue weighted by molar-refractivity contribution is -0.120. The third-order valence-corrected chi connectivity index (χ3v) is 2.90. The molecule has 1 unspecified atom stereocenters. The molecule has 0 fully saturated rings. The van der Waals surface area contributed by atoms with Gasteiger partial charge in [0.1, 0.15) is 11.6 Å². The molecule has 6 nitrogen and oxygen atoms in total. The Bertz CT molecular complexity index is 644. The fourth-order valence-corrected chi connectivity index (χ4v) is 1.90. The summed E-state index contributed by atoms with van der Waals surface area (Å²) in [6.07, 6.45) is 1.51. The predicted octanol–water partition coefficient (Wildman–Crippen LogP) is 1.05. The first kappa shape index (κ1) is 14.5. The van der Waals surface area contributed by atoms with E-state index in [1.54, 1.807) is 36.4 Å². The van der Waals surface area contributed by atoms with Crippen molar-refractivity contribution in [2.45, 2.75) is 6.04 Å². The van der Waals surface area contributed by atoms with Crippen molar-refractivity contribution in [2.75, 3.05) is 7.11 Å². The number of rotatable bonds is 5. The summed E-state index contributed by atoms with van der Waals surface area (Å²) >= 11 is 0. The first-order valence-electron chi connectivity index (χ1n) is 6.27. The number of aromatic nitrogens is 1. The molecule has 1 aromatic heterocycles. The van der Waals surface area contributed by atoms with E-state index < -0.39 is 17.9 Å². The lowest BCUT2D eigenvalue weighted by Gasteiger charge is -2.16. The predicted molar refractivity (Wildman–Crippen MR) is 76.6 cm³/mol. The molecule has 3 N–H and O–H groups in total. The lowest BCUT2D eigenvalue weighted by Crippen LogP contribution is -2.37. The molecule has 1 heterocycles. The van der Waals surface area contributed by atoms with Gasteiger partial charge in [0, 0.05) is 6.20 Å². The number of ether oxygens (including phenoxy) is 1. The second-order valence-electron chi connectivity index (χ2n) is 4.28. The maximum Gasteiger partial charge on any atom is 0.257 e. The number of nitrogens with one attached hydrogen (secondary N) is 1. The number of pyridine rings is 1. The van der Waals surface area contributed by atoms with Gasteiger partial charge in [0.25, 0.3) is 5.91 Å². The number of nitrogens with zero attached hydrogens (tertiary/aromatic N) is 1. The molecule has 1 atom stereocenters. The van der Waals surface area contributed by atoms with Crippen LogP contribution in [0, 0.1) is 0 Å². The average molecular weight is 285 g/mol. The zero-order valence-corrected chi connectivity index (χ0v) is 11.4. The highest BCUT2D eigenvalue weighted by Crippen LogP contribution is 2.17. The molecule has 0 spiro atoms. The molecule has 0 aliphatic heterocycles. The summed E-state index contributed by atoms with van der Waals surface area (Å²) in [7, 11) is 1.42. The van der Waals surface area contributed by atoms with E-state index in [-0.39, 0.29) is 11.4 Å². The lowest BCUT2D eigenvalue weighted by atomic mass is 10.1. The Labute approximate surface area is 121 Å². The normalized spacial score (nSPS) is 11.5. The van der Waals surface area contributed by atoms with Gasteiger partial charge in [-0.25, -0.2) is 4.98 Å². The minimum atomic E-state index is -0.913. The summed E-state index contributed by atoms with van der Waals surface area (Å²) in [6.45, 7) is 0. The van der Waals surface area contributed by atoms with Gasteiger partial charge in [-0.15, -0.1) is 0 Å². The van der Waals surface area contributed by atoms with Gasteiger partial charge in [-0.05, 0) is 17.7 Å². The van der Waals surface area contributed by atoms with E-state index in [0.717, 1.165) is 0 Å². The molecule has 0 bridgehead atoms. The Hall–Kier alpha value is -2.89. The highest BCUT2D eigenvalue weighted by Gasteiger charge is 2.22. The van der Waals surface area contributed by atoms with Crippen LogP contribution in [0.25, 0.3) is 0 Å². The SMILES string of the molecule is COc1ncccc1C(=O)NC(C(N)=O)c1ccccc1. The summed E-state index contributed by atoms with van der Waals surface area (Å²) in [4.78, 5) is 27.8. The fraction of sp³-hybridized carbons (Fsp3) is 0.133. The number of hydrogen-bond acceptors (Lipinski definition) is 4. The van der Waals surface area contributed by atoms with Crippen LogP contribution in [0.1, 0.15) is 22.0 Å². The molecular formula is C15H15N3O3. The molecule has 21 heavy (non-hydrogen) atoms. The molecule has 1 aromatic carbocycles. The largest absolute Gasteiger partial charge is 0.480 e. The summed E-state index contributed by atoms with van der Waals surface area (Å²) < 4.78 is 5.03. The molecule has 2 aromatic rings. The number of hydrogen-bond donors (Lipinski definition) is 2. The molecule has 2 rings (SSSR count). The minimum Gasteiger partial charge on any atom is -0.480 e. The summed E-state index contributed by atoms with van der Waals surface area (Å²) in [6, 6.07) is 11.0. The van der Waals surface area contributed by atoms with Gasteiger partial charge in [-0.1, -0.05) is 30.3 Å². The molecule has 108 valence electrons. The van der Waals surface area contributed by atoms with Crippen molar-refractivity contribution >= 4 is 11.8 Å². The zero-order chi connectivity index (χ0) is 15.2. The van der Waals surface area contributed by atoms with Crippen LogP contribution in [0.2, 0.25) is 0 Å². The van der Waals surface area contributed by atoms with Gasteiger partial charge in [-0.2, -0.15) is 0 Å². The Balaban J connectivity index is 2.25. The van der Waals surface area contributed by atoms with Gasteiger partial charge < -0.3 is 15.8 Å². The van der Waals surface area contributed by atoms with Crippen molar-refractivity contribution in [3.63, 3.8) is 0 Å². The Morgan fingerprint density at radius 3 is 2.52 bits per heavy atom. The van der Waals surface area contributed by atoms with E-state index >= 15 is 0 Å². The van der Waals surface area contributed by atoms with Crippen molar-refractivity contribution in [3.8, 4) is 5.88 Å². The number of methoxy groups -OCH3 is 1. The Kier molecular flexibility index (Phi) is 4.50. The number of carbonyl (C=O) groups excluding carboxylic acids is 2. The summed E-state index contributed by atoms with van der Waals surface area (Å²) in [5.74, 6) is -0.934. The van der Waals surface area contributed by atoms with Crippen LogP contribution in [0.15, 0.2) is 48.7 Å². The average Bonchev–Trinajstić information content (AvgIpc) is 2.52. The van der Waals surface area contributed by atoms with E-state index in [0.29, 0.717) is 5.56 Å². The van der Waals surface area contributed by atoms with Crippen LogP contribution in [0.4, 0.5) is 0 Å². The van der Waals surface area contributed by atoms with E-state index in [1.165, 1.54) is 13.3 Å². The Morgan fingerprint density at radius 2 is 1.90 bits per heavy atom. The summed E-state index contributed by atoms with van der Waals surface area (Å²) in [5, 5.41) is 2.59. The molecular weight excluding hydrogens is 270 g/mol. The van der Waals surface area contributed by atoms with Crippen molar-refractivity contribution in [1.82, 2.24) is 10.3 Å². The summed E-state index contributed by atoms with van der Waals surface area (Å²) in [5.41, 5.74) is 6.22. The number of benzene rings is 1. The van der Waals surface area contributed by atoms with Crippen LogP contribution >= 0.6 is 0 Å². The maximum atomic E-state index is 12.3. The second kappa shape index (κ2) is 6.51. The van der Waals surface area contributed by atoms with Gasteiger partial charge in [0.05, 0.1) is 7.11 Å². The third kappa shape index (κ3) is 3.36. The fourth-order valence-electron chi connectivity index (χ4n) is 1.90. The van der Waals surface area contributed by atoms with E-state index in [1.807, 2.05) is 6.07 Å². The highest BCUT2D eigenvalue weighted by atomic mass is 16.5. The molecule has 0 radical (unpaired) electrons. The molecule has 6 heteroatoms. The van der Waals surface area contributed by atoms with Crippen molar-refractivity contribution < 1.29 is 14.3 Å². The van der Waals surface area contributed by atoms with Gasteiger partial charge in [0.2, 0.25) is 11.8 Å². The first-order chi connectivity index (χ1) is 10.1. The molecule has 0 saturated heterocycles. The quantitative estimate of drug-likeness (QED) is 0.858. The highest BCUT2D eigenvalue weighted by molar-refractivity contribution is 5.99. The van der Waals surface area contributed by atoms with Crippen LogP contribution < -0.4 is 15.8 Å². The second-order valence-corrected chi connectivity index (χ2v) is 4.28. The van der Waals surface area contributed by atoms with Gasteiger partial charge in [-0.3, -0.25) is 9.59 Å². The first-order valence-corrected chi connectivity index (χ1v) is 6.27.